The minimum Gasteiger partial charge on any atom is -0.340 e. The van der Waals surface area contributed by atoms with Gasteiger partial charge in [-0.05, 0) is 25.2 Å². The van der Waals surface area contributed by atoms with Crippen molar-refractivity contribution in [2.75, 3.05) is 0 Å². The first-order chi connectivity index (χ1) is 7.19. The molecular weight excluding hydrogens is 188 g/mol. The standard InChI is InChI=1S/C12H20N2O/c1-3-5-10(8-13)14-12(15)11-7-4-6-9(11)2/h9-11H,3-7H2,1-2H3,(H,14,15). The summed E-state index contributed by atoms with van der Waals surface area (Å²) in [5, 5.41) is 11.7. The third-order valence-corrected chi connectivity index (χ3v) is 3.25. The van der Waals surface area contributed by atoms with Crippen molar-refractivity contribution < 1.29 is 4.79 Å². The highest BCUT2D eigenvalue weighted by molar-refractivity contribution is 5.79. The Morgan fingerprint density at radius 1 is 1.60 bits per heavy atom. The summed E-state index contributed by atoms with van der Waals surface area (Å²) < 4.78 is 0. The lowest BCUT2D eigenvalue weighted by molar-refractivity contribution is -0.126. The highest BCUT2D eigenvalue weighted by atomic mass is 16.1. The Labute approximate surface area is 91.9 Å². The Hall–Kier alpha value is -1.04. The molecule has 0 aromatic heterocycles. The van der Waals surface area contributed by atoms with Gasteiger partial charge in [0.2, 0.25) is 5.91 Å². The molecule has 84 valence electrons. The fourth-order valence-corrected chi connectivity index (χ4v) is 2.27. The third kappa shape index (κ3) is 3.23. The number of nitrogens with one attached hydrogen (secondary N) is 1. The SMILES string of the molecule is CCCC(C#N)NC(=O)C1CCCC1C. The van der Waals surface area contributed by atoms with Crippen LogP contribution in [0.4, 0.5) is 0 Å². The maximum absolute atomic E-state index is 11.8. The van der Waals surface area contributed by atoms with Crippen LogP contribution in [0.1, 0.15) is 46.0 Å². The molecule has 0 saturated heterocycles. The first-order valence-electron chi connectivity index (χ1n) is 5.89. The summed E-state index contributed by atoms with van der Waals surface area (Å²) in [5.74, 6) is 0.698. The topological polar surface area (TPSA) is 52.9 Å². The molecule has 0 radical (unpaired) electrons. The van der Waals surface area contributed by atoms with E-state index in [-0.39, 0.29) is 17.9 Å². The van der Waals surface area contributed by atoms with Crippen molar-refractivity contribution >= 4 is 5.91 Å². The second-order valence-electron chi connectivity index (χ2n) is 4.49. The molecular formula is C12H20N2O. The van der Waals surface area contributed by atoms with Crippen molar-refractivity contribution in [1.29, 1.82) is 5.26 Å². The molecule has 1 rings (SSSR count). The van der Waals surface area contributed by atoms with E-state index < -0.39 is 0 Å². The maximum atomic E-state index is 11.8. The van der Waals surface area contributed by atoms with E-state index >= 15 is 0 Å². The van der Waals surface area contributed by atoms with E-state index in [2.05, 4.69) is 18.3 Å². The molecule has 1 aliphatic rings. The van der Waals surface area contributed by atoms with Crippen LogP contribution in [0.25, 0.3) is 0 Å². The van der Waals surface area contributed by atoms with Crippen LogP contribution in [0.5, 0.6) is 0 Å². The molecule has 1 saturated carbocycles. The summed E-state index contributed by atoms with van der Waals surface area (Å²) in [6.45, 7) is 4.15. The van der Waals surface area contributed by atoms with Crippen molar-refractivity contribution in [3.8, 4) is 6.07 Å². The van der Waals surface area contributed by atoms with Crippen LogP contribution in [0, 0.1) is 23.2 Å². The predicted molar refractivity (Wildman–Crippen MR) is 59.0 cm³/mol. The number of carbonyl (C=O) groups excluding carboxylic acids is 1. The summed E-state index contributed by atoms with van der Waals surface area (Å²) in [6.07, 6.45) is 4.95. The van der Waals surface area contributed by atoms with Crippen molar-refractivity contribution in [2.24, 2.45) is 11.8 Å². The van der Waals surface area contributed by atoms with E-state index in [4.69, 9.17) is 5.26 Å². The van der Waals surface area contributed by atoms with Gasteiger partial charge < -0.3 is 5.32 Å². The second-order valence-corrected chi connectivity index (χ2v) is 4.49. The number of hydrogen-bond donors (Lipinski definition) is 1. The second kappa shape index (κ2) is 5.75. The summed E-state index contributed by atoms with van der Waals surface area (Å²) in [6, 6.07) is 1.84. The van der Waals surface area contributed by atoms with Gasteiger partial charge in [-0.25, -0.2) is 0 Å². The average Bonchev–Trinajstić information content (AvgIpc) is 2.63. The molecule has 1 N–H and O–H groups in total. The monoisotopic (exact) mass is 208 g/mol. The van der Waals surface area contributed by atoms with Gasteiger partial charge in [-0.3, -0.25) is 4.79 Å². The van der Waals surface area contributed by atoms with Gasteiger partial charge in [0.05, 0.1) is 6.07 Å². The van der Waals surface area contributed by atoms with Gasteiger partial charge in [0.25, 0.3) is 0 Å². The first kappa shape index (κ1) is 12.0. The molecule has 0 aromatic rings. The van der Waals surface area contributed by atoms with Gasteiger partial charge in [-0.1, -0.05) is 26.7 Å². The number of rotatable bonds is 4. The third-order valence-electron chi connectivity index (χ3n) is 3.25. The summed E-state index contributed by atoms with van der Waals surface area (Å²) in [4.78, 5) is 11.8. The van der Waals surface area contributed by atoms with Crippen LogP contribution in [-0.2, 0) is 4.79 Å². The number of carbonyl (C=O) groups is 1. The molecule has 1 fully saturated rings. The Bertz CT molecular complexity index is 257. The zero-order chi connectivity index (χ0) is 11.3. The van der Waals surface area contributed by atoms with E-state index in [1.807, 2.05) is 6.92 Å². The summed E-state index contributed by atoms with van der Waals surface area (Å²) in [7, 11) is 0. The van der Waals surface area contributed by atoms with Gasteiger partial charge in [0.15, 0.2) is 0 Å². The van der Waals surface area contributed by atoms with Crippen LogP contribution in [0.15, 0.2) is 0 Å². The van der Waals surface area contributed by atoms with Crippen LogP contribution >= 0.6 is 0 Å². The fourth-order valence-electron chi connectivity index (χ4n) is 2.27. The average molecular weight is 208 g/mol. The zero-order valence-corrected chi connectivity index (χ0v) is 9.62. The highest BCUT2D eigenvalue weighted by Gasteiger charge is 2.30. The molecule has 0 aliphatic heterocycles. The summed E-state index contributed by atoms with van der Waals surface area (Å²) in [5.41, 5.74) is 0. The van der Waals surface area contributed by atoms with Crippen molar-refractivity contribution in [1.82, 2.24) is 5.32 Å². The molecule has 3 atom stereocenters. The van der Waals surface area contributed by atoms with Crippen LogP contribution < -0.4 is 5.32 Å². The maximum Gasteiger partial charge on any atom is 0.224 e. The Morgan fingerprint density at radius 3 is 2.80 bits per heavy atom. The van der Waals surface area contributed by atoms with Crippen molar-refractivity contribution in [3.63, 3.8) is 0 Å². The van der Waals surface area contributed by atoms with E-state index in [0.717, 1.165) is 32.1 Å². The van der Waals surface area contributed by atoms with Gasteiger partial charge in [-0.2, -0.15) is 5.26 Å². The van der Waals surface area contributed by atoms with Gasteiger partial charge in [0.1, 0.15) is 6.04 Å². The van der Waals surface area contributed by atoms with E-state index in [1.54, 1.807) is 0 Å². The van der Waals surface area contributed by atoms with E-state index in [1.165, 1.54) is 0 Å². The molecule has 0 heterocycles. The number of nitriles is 1. The van der Waals surface area contributed by atoms with Crippen molar-refractivity contribution in [2.45, 2.75) is 52.0 Å². The smallest absolute Gasteiger partial charge is 0.224 e. The normalized spacial score (nSPS) is 27.0. The van der Waals surface area contributed by atoms with Crippen LogP contribution in [0.2, 0.25) is 0 Å². The van der Waals surface area contributed by atoms with Gasteiger partial charge in [0, 0.05) is 5.92 Å². The molecule has 0 spiro atoms. The fraction of sp³-hybridized carbons (Fsp3) is 0.833. The number of nitrogens with zero attached hydrogens (tertiary/aromatic N) is 1. The Morgan fingerprint density at radius 2 is 2.33 bits per heavy atom. The minimum absolute atomic E-state index is 0.0833. The van der Waals surface area contributed by atoms with Gasteiger partial charge >= 0.3 is 0 Å². The Balaban J connectivity index is 2.43. The molecule has 1 amide bonds. The number of amides is 1. The van der Waals surface area contributed by atoms with Crippen LogP contribution in [-0.4, -0.2) is 11.9 Å². The molecule has 3 unspecified atom stereocenters. The zero-order valence-electron chi connectivity index (χ0n) is 9.62. The number of hydrogen-bond acceptors (Lipinski definition) is 2. The molecule has 3 heteroatoms. The molecule has 3 nitrogen and oxygen atoms in total. The largest absolute Gasteiger partial charge is 0.340 e. The molecule has 15 heavy (non-hydrogen) atoms. The van der Waals surface area contributed by atoms with Crippen LogP contribution in [0.3, 0.4) is 0 Å². The molecule has 0 bridgehead atoms. The Kier molecular flexibility index (Phi) is 4.61. The lowest BCUT2D eigenvalue weighted by Crippen LogP contribution is -2.38. The molecule has 0 aromatic carbocycles. The molecule has 1 aliphatic carbocycles. The highest BCUT2D eigenvalue weighted by Crippen LogP contribution is 2.31. The van der Waals surface area contributed by atoms with E-state index in [0.29, 0.717) is 5.92 Å². The van der Waals surface area contributed by atoms with Gasteiger partial charge in [-0.15, -0.1) is 0 Å². The van der Waals surface area contributed by atoms with Crippen molar-refractivity contribution in [3.05, 3.63) is 0 Å². The van der Waals surface area contributed by atoms with E-state index in [9.17, 15) is 4.79 Å². The lowest BCUT2D eigenvalue weighted by atomic mass is 9.97. The summed E-state index contributed by atoms with van der Waals surface area (Å²) >= 11 is 0. The predicted octanol–water partition coefficient (Wildman–Crippen LogP) is 2.23. The first-order valence-corrected chi connectivity index (χ1v) is 5.89. The lowest BCUT2D eigenvalue weighted by Gasteiger charge is -2.17. The minimum atomic E-state index is -0.296. The quantitative estimate of drug-likeness (QED) is 0.770.